The number of anilines is 1. The molecule has 3 N–H and O–H groups in total. The summed E-state index contributed by atoms with van der Waals surface area (Å²) in [5.41, 5.74) is 6.11. The van der Waals surface area contributed by atoms with Crippen molar-refractivity contribution < 1.29 is 19.4 Å². The zero-order valence-corrected chi connectivity index (χ0v) is 12.7. The molecule has 0 atom stereocenters. The minimum Gasteiger partial charge on any atom is -0.478 e. The van der Waals surface area contributed by atoms with Crippen molar-refractivity contribution in [2.45, 2.75) is 0 Å². The normalized spacial score (nSPS) is 10.2. The van der Waals surface area contributed by atoms with Crippen LogP contribution in [0.3, 0.4) is 0 Å². The lowest BCUT2D eigenvalue weighted by Crippen LogP contribution is -2.03. The Balaban J connectivity index is 1.99. The number of nitrogen functional groups attached to an aromatic ring is 1. The van der Waals surface area contributed by atoms with Gasteiger partial charge in [0.25, 0.3) is 0 Å². The predicted octanol–water partition coefficient (Wildman–Crippen LogP) is 4.55. The molecular weight excluding hydrogens is 306 g/mol. The number of ether oxygens (including phenoxy) is 2. The van der Waals surface area contributed by atoms with Crippen molar-refractivity contribution in [3.05, 3.63) is 78.4 Å². The maximum absolute atomic E-state index is 11.5. The quantitative estimate of drug-likeness (QED) is 0.674. The fourth-order valence-electron chi connectivity index (χ4n) is 2.15. The number of para-hydroxylation sites is 2. The van der Waals surface area contributed by atoms with E-state index in [-0.39, 0.29) is 17.0 Å². The summed E-state index contributed by atoms with van der Waals surface area (Å²) in [6, 6.07) is 20.8. The van der Waals surface area contributed by atoms with Crippen LogP contribution in [0.2, 0.25) is 0 Å². The number of carboxylic acids is 1. The number of hydrogen-bond acceptors (Lipinski definition) is 4. The van der Waals surface area contributed by atoms with Crippen molar-refractivity contribution in [1.82, 2.24) is 0 Å². The van der Waals surface area contributed by atoms with Gasteiger partial charge >= 0.3 is 5.97 Å². The van der Waals surface area contributed by atoms with Gasteiger partial charge in [-0.15, -0.1) is 0 Å². The summed E-state index contributed by atoms with van der Waals surface area (Å²) in [5, 5.41) is 9.37. The fraction of sp³-hybridized carbons (Fsp3) is 0. The topological polar surface area (TPSA) is 81.8 Å². The van der Waals surface area contributed by atoms with E-state index in [1.165, 1.54) is 12.1 Å². The van der Waals surface area contributed by atoms with Crippen LogP contribution in [0.15, 0.2) is 72.8 Å². The number of nitrogens with two attached hydrogens (primary N) is 1. The van der Waals surface area contributed by atoms with E-state index in [0.717, 1.165) is 0 Å². The molecule has 0 aliphatic heterocycles. The highest BCUT2D eigenvalue weighted by Crippen LogP contribution is 2.36. The summed E-state index contributed by atoms with van der Waals surface area (Å²) in [6.45, 7) is 0. The molecule has 3 aromatic carbocycles. The van der Waals surface area contributed by atoms with E-state index >= 15 is 0 Å². The van der Waals surface area contributed by atoms with Crippen molar-refractivity contribution in [2.24, 2.45) is 0 Å². The molecule has 120 valence electrons. The van der Waals surface area contributed by atoms with E-state index in [9.17, 15) is 9.90 Å². The van der Waals surface area contributed by atoms with Gasteiger partial charge in [-0.25, -0.2) is 4.79 Å². The van der Waals surface area contributed by atoms with E-state index in [1.54, 1.807) is 36.4 Å². The molecule has 5 nitrogen and oxygen atoms in total. The average molecular weight is 321 g/mol. The summed E-state index contributed by atoms with van der Waals surface area (Å²) in [7, 11) is 0. The summed E-state index contributed by atoms with van der Waals surface area (Å²) >= 11 is 0. The van der Waals surface area contributed by atoms with Crippen molar-refractivity contribution in [2.75, 3.05) is 5.73 Å². The van der Waals surface area contributed by atoms with Crippen LogP contribution >= 0.6 is 0 Å². The number of carbonyl (C=O) groups is 1. The molecule has 0 radical (unpaired) electrons. The second-order valence-electron chi connectivity index (χ2n) is 5.02. The maximum atomic E-state index is 11.5. The Hall–Kier alpha value is -3.47. The van der Waals surface area contributed by atoms with Gasteiger partial charge in [-0.05, 0) is 30.3 Å². The Labute approximate surface area is 138 Å². The minimum atomic E-state index is -1.13. The van der Waals surface area contributed by atoms with Crippen LogP contribution in [0.4, 0.5) is 5.69 Å². The lowest BCUT2D eigenvalue weighted by atomic mass is 10.1. The third-order valence-electron chi connectivity index (χ3n) is 3.28. The predicted molar refractivity (Wildman–Crippen MR) is 90.8 cm³/mol. The molecule has 5 heteroatoms. The Bertz CT molecular complexity index is 848. The zero-order chi connectivity index (χ0) is 16.9. The molecule has 0 aliphatic carbocycles. The van der Waals surface area contributed by atoms with E-state index in [2.05, 4.69) is 0 Å². The van der Waals surface area contributed by atoms with Crippen molar-refractivity contribution in [1.29, 1.82) is 0 Å². The highest BCUT2D eigenvalue weighted by atomic mass is 16.5. The van der Waals surface area contributed by atoms with E-state index in [1.807, 2.05) is 24.3 Å². The fourth-order valence-corrected chi connectivity index (χ4v) is 2.15. The van der Waals surface area contributed by atoms with Crippen molar-refractivity contribution in [3.8, 4) is 23.0 Å². The Morgan fingerprint density at radius 1 is 0.792 bits per heavy atom. The molecule has 3 rings (SSSR count). The molecule has 0 fully saturated rings. The maximum Gasteiger partial charge on any atom is 0.339 e. The van der Waals surface area contributed by atoms with Gasteiger partial charge in [-0.3, -0.25) is 0 Å². The molecule has 0 saturated carbocycles. The van der Waals surface area contributed by atoms with Gasteiger partial charge in [0.1, 0.15) is 22.8 Å². The third kappa shape index (κ3) is 3.47. The minimum absolute atomic E-state index is 0.0308. The highest BCUT2D eigenvalue weighted by molar-refractivity contribution is 5.93. The van der Waals surface area contributed by atoms with Gasteiger partial charge in [-0.2, -0.15) is 0 Å². The number of hydrogen-bond donors (Lipinski definition) is 2. The van der Waals surface area contributed by atoms with E-state index < -0.39 is 5.97 Å². The van der Waals surface area contributed by atoms with Crippen LogP contribution in [0.25, 0.3) is 0 Å². The molecule has 0 bridgehead atoms. The summed E-state index contributed by atoms with van der Waals surface area (Å²) in [5.74, 6) is 0.484. The van der Waals surface area contributed by atoms with Gasteiger partial charge < -0.3 is 20.3 Å². The second kappa shape index (κ2) is 6.75. The van der Waals surface area contributed by atoms with Crippen molar-refractivity contribution in [3.63, 3.8) is 0 Å². The monoisotopic (exact) mass is 321 g/mol. The molecule has 0 unspecified atom stereocenters. The van der Waals surface area contributed by atoms with Crippen LogP contribution < -0.4 is 15.2 Å². The first-order chi connectivity index (χ1) is 11.6. The number of aromatic carboxylic acids is 1. The van der Waals surface area contributed by atoms with Crippen LogP contribution in [-0.4, -0.2) is 11.1 Å². The van der Waals surface area contributed by atoms with E-state index in [0.29, 0.717) is 17.2 Å². The van der Waals surface area contributed by atoms with Gasteiger partial charge in [0.05, 0.1) is 5.69 Å². The van der Waals surface area contributed by atoms with Gasteiger partial charge in [0, 0.05) is 6.07 Å². The first-order valence-electron chi connectivity index (χ1n) is 7.26. The number of carboxylic acid groups (broad SMARTS) is 1. The number of benzene rings is 3. The highest BCUT2D eigenvalue weighted by Gasteiger charge is 2.17. The largest absolute Gasteiger partial charge is 0.478 e. The van der Waals surface area contributed by atoms with Crippen LogP contribution in [0.5, 0.6) is 23.0 Å². The van der Waals surface area contributed by atoms with Gasteiger partial charge in [0.15, 0.2) is 5.75 Å². The third-order valence-corrected chi connectivity index (χ3v) is 3.28. The molecule has 3 aromatic rings. The molecule has 0 aliphatic rings. The van der Waals surface area contributed by atoms with Crippen molar-refractivity contribution >= 4 is 11.7 Å². The van der Waals surface area contributed by atoms with Crippen LogP contribution in [-0.2, 0) is 0 Å². The molecule has 0 spiro atoms. The van der Waals surface area contributed by atoms with Gasteiger partial charge in [0.2, 0.25) is 0 Å². The number of rotatable bonds is 5. The molecule has 0 aromatic heterocycles. The summed E-state index contributed by atoms with van der Waals surface area (Å²) < 4.78 is 11.4. The first-order valence-corrected chi connectivity index (χ1v) is 7.26. The Morgan fingerprint density at radius 3 is 1.79 bits per heavy atom. The smallest absolute Gasteiger partial charge is 0.339 e. The zero-order valence-electron chi connectivity index (χ0n) is 12.7. The SMILES string of the molecule is Nc1cc(C(=O)O)c(Oc2ccccc2)cc1Oc1ccccc1. The van der Waals surface area contributed by atoms with E-state index in [4.69, 9.17) is 15.2 Å². The van der Waals surface area contributed by atoms with Crippen LogP contribution in [0.1, 0.15) is 10.4 Å². The lowest BCUT2D eigenvalue weighted by molar-refractivity contribution is 0.0694. The molecular formula is C19H15NO4. The Kier molecular flexibility index (Phi) is 4.34. The summed E-state index contributed by atoms with van der Waals surface area (Å²) in [4.78, 5) is 11.5. The van der Waals surface area contributed by atoms with Crippen LogP contribution in [0, 0.1) is 0 Å². The van der Waals surface area contributed by atoms with Gasteiger partial charge in [-0.1, -0.05) is 36.4 Å². The summed E-state index contributed by atoms with van der Waals surface area (Å²) in [6.07, 6.45) is 0. The molecule has 24 heavy (non-hydrogen) atoms. The molecule has 0 saturated heterocycles. The average Bonchev–Trinajstić information content (AvgIpc) is 2.59. The second-order valence-corrected chi connectivity index (χ2v) is 5.02. The molecule has 0 amide bonds. The lowest BCUT2D eigenvalue weighted by Gasteiger charge is -2.14. The Morgan fingerprint density at radius 2 is 1.29 bits per heavy atom. The first kappa shape index (κ1) is 15.4. The molecule has 0 heterocycles. The standard InChI is InChI=1S/C19H15NO4/c20-16-11-15(19(21)22)17(23-13-7-3-1-4-8-13)12-18(16)24-14-9-5-2-6-10-14/h1-12H,20H2,(H,21,22).